The van der Waals surface area contributed by atoms with Gasteiger partial charge >= 0.3 is 0 Å². The Morgan fingerprint density at radius 1 is 1.27 bits per heavy atom. The van der Waals surface area contributed by atoms with Crippen LogP contribution in [-0.2, 0) is 14.8 Å². The number of aryl methyl sites for hydroxylation is 1. The number of hydrogen-bond donors (Lipinski definition) is 1. The number of benzene rings is 1. The van der Waals surface area contributed by atoms with E-state index in [1.54, 1.807) is 11.4 Å². The number of thiophene rings is 1. The zero-order valence-electron chi connectivity index (χ0n) is 14.9. The van der Waals surface area contributed by atoms with Gasteiger partial charge in [0, 0.05) is 31.5 Å². The monoisotopic (exact) mass is 393 g/mol. The molecule has 8 heteroatoms. The minimum atomic E-state index is -3.62. The van der Waals surface area contributed by atoms with Crippen molar-refractivity contribution in [2.45, 2.75) is 24.0 Å². The highest BCUT2D eigenvalue weighted by Gasteiger charge is 2.24. The summed E-state index contributed by atoms with van der Waals surface area (Å²) in [6, 6.07) is 9.03. The fourth-order valence-corrected chi connectivity index (χ4v) is 5.43. The molecule has 1 N–H and O–H groups in total. The fraction of sp³-hybridized carbons (Fsp3) is 0.389. The molecule has 0 saturated carbocycles. The summed E-state index contributed by atoms with van der Waals surface area (Å²) in [4.78, 5) is 14.6. The van der Waals surface area contributed by atoms with Gasteiger partial charge in [-0.1, -0.05) is 6.07 Å². The van der Waals surface area contributed by atoms with Crippen molar-refractivity contribution in [1.82, 2.24) is 4.31 Å². The molecule has 2 aromatic rings. The Bertz CT molecular complexity index is 873. The molecular weight excluding hydrogens is 370 g/mol. The lowest BCUT2D eigenvalue weighted by molar-refractivity contribution is -0.116. The molecule has 140 valence electrons. The summed E-state index contributed by atoms with van der Waals surface area (Å²) in [5, 5.41) is 4.49. The highest BCUT2D eigenvalue weighted by Crippen LogP contribution is 2.27. The van der Waals surface area contributed by atoms with Crippen LogP contribution in [0.15, 0.2) is 39.9 Å². The maximum atomic E-state index is 12.4. The molecule has 1 aliphatic rings. The number of likely N-dealkylation sites (N-methyl/N-ethyl adjacent to an activating group) is 1. The first-order chi connectivity index (χ1) is 12.4. The molecule has 1 amide bonds. The molecule has 0 atom stereocenters. The van der Waals surface area contributed by atoms with Crippen molar-refractivity contribution in [3.8, 4) is 0 Å². The number of anilines is 2. The first kappa shape index (κ1) is 18.9. The highest BCUT2D eigenvalue weighted by molar-refractivity contribution is 7.91. The van der Waals surface area contributed by atoms with Gasteiger partial charge in [0.1, 0.15) is 4.21 Å². The van der Waals surface area contributed by atoms with Crippen LogP contribution in [0, 0.1) is 6.92 Å². The van der Waals surface area contributed by atoms with Crippen molar-refractivity contribution in [1.29, 1.82) is 0 Å². The molecule has 0 bridgehead atoms. The Morgan fingerprint density at radius 3 is 2.62 bits per heavy atom. The zero-order valence-corrected chi connectivity index (χ0v) is 16.6. The summed E-state index contributed by atoms with van der Waals surface area (Å²) >= 11 is 1.14. The zero-order chi connectivity index (χ0) is 18.7. The molecule has 3 rings (SSSR count). The van der Waals surface area contributed by atoms with E-state index in [1.807, 2.05) is 25.1 Å². The molecule has 1 aromatic carbocycles. The summed E-state index contributed by atoms with van der Waals surface area (Å²) in [6.07, 6.45) is 2.42. The molecule has 26 heavy (non-hydrogen) atoms. The van der Waals surface area contributed by atoms with Crippen molar-refractivity contribution in [3.63, 3.8) is 0 Å². The lowest BCUT2D eigenvalue weighted by atomic mass is 10.1. The van der Waals surface area contributed by atoms with Crippen LogP contribution in [0.1, 0.15) is 18.4 Å². The first-order valence-corrected chi connectivity index (χ1v) is 10.9. The van der Waals surface area contributed by atoms with Crippen molar-refractivity contribution >= 4 is 38.6 Å². The van der Waals surface area contributed by atoms with Gasteiger partial charge in [-0.15, -0.1) is 11.3 Å². The molecule has 2 heterocycles. The Labute approximate surface area is 158 Å². The van der Waals surface area contributed by atoms with E-state index in [0.717, 1.165) is 34.3 Å². The minimum absolute atomic E-state index is 0.229. The molecule has 0 aliphatic carbocycles. The lowest BCUT2D eigenvalue weighted by Crippen LogP contribution is -2.34. The number of carbonyl (C=O) groups is 1. The summed E-state index contributed by atoms with van der Waals surface area (Å²) in [6.45, 7) is 3.93. The average molecular weight is 394 g/mol. The normalized spacial score (nSPS) is 14.8. The SMILES string of the molecule is Cc1cc(NC(=O)CN(C)S(=O)(=O)c2cccs2)ccc1N1CCCC1. The van der Waals surface area contributed by atoms with Crippen LogP contribution in [0.4, 0.5) is 11.4 Å². The molecule has 1 aromatic heterocycles. The second-order valence-corrected chi connectivity index (χ2v) is 9.66. The predicted octanol–water partition coefficient (Wildman–Crippen LogP) is 2.92. The van der Waals surface area contributed by atoms with Crippen LogP contribution in [0.3, 0.4) is 0 Å². The van der Waals surface area contributed by atoms with E-state index in [-0.39, 0.29) is 16.7 Å². The second-order valence-electron chi connectivity index (χ2n) is 6.44. The first-order valence-electron chi connectivity index (χ1n) is 8.53. The maximum absolute atomic E-state index is 12.4. The summed E-state index contributed by atoms with van der Waals surface area (Å²) < 4.78 is 26.1. The highest BCUT2D eigenvalue weighted by atomic mass is 32.2. The average Bonchev–Trinajstić information content (AvgIpc) is 3.29. The van der Waals surface area contributed by atoms with Gasteiger partial charge in [0.25, 0.3) is 10.0 Å². The lowest BCUT2D eigenvalue weighted by Gasteiger charge is -2.21. The van der Waals surface area contributed by atoms with E-state index in [9.17, 15) is 13.2 Å². The number of nitrogens with zero attached hydrogens (tertiary/aromatic N) is 2. The standard InChI is InChI=1S/C18H23N3O3S2/c1-14-12-15(7-8-16(14)21-9-3-4-10-21)19-17(22)13-20(2)26(23,24)18-6-5-11-25-18/h5-8,11-12H,3-4,9-10,13H2,1-2H3,(H,19,22). The van der Waals surface area contributed by atoms with E-state index in [2.05, 4.69) is 10.2 Å². The van der Waals surface area contributed by atoms with Gasteiger partial charge in [-0.05, 0) is 55.0 Å². The Hall–Kier alpha value is -1.90. The van der Waals surface area contributed by atoms with Crippen LogP contribution in [0.25, 0.3) is 0 Å². The maximum Gasteiger partial charge on any atom is 0.252 e. The van der Waals surface area contributed by atoms with Crippen LogP contribution in [0.5, 0.6) is 0 Å². The van der Waals surface area contributed by atoms with Crippen LogP contribution < -0.4 is 10.2 Å². The third-order valence-electron chi connectivity index (χ3n) is 4.45. The van der Waals surface area contributed by atoms with Crippen molar-refractivity contribution < 1.29 is 13.2 Å². The molecular formula is C18H23N3O3S2. The van der Waals surface area contributed by atoms with Gasteiger partial charge in [-0.25, -0.2) is 8.42 Å². The van der Waals surface area contributed by atoms with Crippen molar-refractivity contribution in [2.75, 3.05) is 36.9 Å². The number of nitrogens with one attached hydrogen (secondary N) is 1. The van der Waals surface area contributed by atoms with Crippen LogP contribution >= 0.6 is 11.3 Å². The molecule has 0 radical (unpaired) electrons. The molecule has 1 fully saturated rings. The van der Waals surface area contributed by atoms with Crippen molar-refractivity contribution in [3.05, 3.63) is 41.3 Å². The second kappa shape index (κ2) is 7.77. The quantitative estimate of drug-likeness (QED) is 0.819. The minimum Gasteiger partial charge on any atom is -0.371 e. The molecule has 1 aliphatic heterocycles. The van der Waals surface area contributed by atoms with Crippen molar-refractivity contribution in [2.24, 2.45) is 0 Å². The Balaban J connectivity index is 1.64. The van der Waals surface area contributed by atoms with Crippen LogP contribution in [0.2, 0.25) is 0 Å². The molecule has 6 nitrogen and oxygen atoms in total. The molecule has 0 spiro atoms. The van der Waals surface area contributed by atoms with Gasteiger partial charge in [0.05, 0.1) is 6.54 Å². The van der Waals surface area contributed by atoms with E-state index in [1.165, 1.54) is 31.6 Å². The van der Waals surface area contributed by atoms with E-state index >= 15 is 0 Å². The predicted molar refractivity (Wildman–Crippen MR) is 105 cm³/mol. The van der Waals surface area contributed by atoms with Gasteiger partial charge in [-0.3, -0.25) is 4.79 Å². The third kappa shape index (κ3) is 4.08. The van der Waals surface area contributed by atoms with E-state index in [0.29, 0.717) is 5.69 Å². The molecule has 0 unspecified atom stereocenters. The van der Waals surface area contributed by atoms with Crippen LogP contribution in [-0.4, -0.2) is 45.3 Å². The van der Waals surface area contributed by atoms with Gasteiger partial charge in [0.2, 0.25) is 5.91 Å². The Kier molecular flexibility index (Phi) is 5.64. The number of carbonyl (C=O) groups excluding carboxylic acids is 1. The number of rotatable bonds is 6. The van der Waals surface area contributed by atoms with E-state index < -0.39 is 10.0 Å². The topological polar surface area (TPSA) is 69.7 Å². The number of sulfonamides is 1. The Morgan fingerprint density at radius 2 is 2.00 bits per heavy atom. The summed E-state index contributed by atoms with van der Waals surface area (Å²) in [5.41, 5.74) is 2.97. The third-order valence-corrected chi connectivity index (χ3v) is 7.63. The van der Waals surface area contributed by atoms with Gasteiger partial charge < -0.3 is 10.2 Å². The largest absolute Gasteiger partial charge is 0.371 e. The summed E-state index contributed by atoms with van der Waals surface area (Å²) in [7, 11) is -2.21. The molecule has 1 saturated heterocycles. The van der Waals surface area contributed by atoms with Gasteiger partial charge in [0.15, 0.2) is 0 Å². The number of amides is 1. The summed E-state index contributed by atoms with van der Waals surface area (Å²) in [5.74, 6) is -0.360. The van der Waals surface area contributed by atoms with Gasteiger partial charge in [-0.2, -0.15) is 4.31 Å². The number of hydrogen-bond acceptors (Lipinski definition) is 5. The fourth-order valence-electron chi connectivity index (χ4n) is 3.10. The van der Waals surface area contributed by atoms with E-state index in [4.69, 9.17) is 0 Å². The smallest absolute Gasteiger partial charge is 0.252 e.